The van der Waals surface area contributed by atoms with E-state index in [9.17, 15) is 17.6 Å². The van der Waals surface area contributed by atoms with Crippen LogP contribution < -0.4 is 4.72 Å². The molecule has 1 aromatic heterocycles. The Morgan fingerprint density at radius 3 is 2.43 bits per heavy atom. The van der Waals surface area contributed by atoms with Crippen molar-refractivity contribution in [3.05, 3.63) is 53.0 Å². The minimum atomic E-state index is -4.21. The van der Waals surface area contributed by atoms with Gasteiger partial charge in [-0.25, -0.2) is 22.3 Å². The topological polar surface area (TPSA) is 96.6 Å². The molecule has 0 spiro atoms. The fourth-order valence-corrected chi connectivity index (χ4v) is 3.70. The number of alkyl halides is 1. The van der Waals surface area contributed by atoms with Crippen molar-refractivity contribution in [2.45, 2.75) is 24.9 Å². The first-order valence-corrected chi connectivity index (χ1v) is 8.24. The number of halogens is 1. The molecule has 124 valence electrons. The van der Waals surface area contributed by atoms with Crippen molar-refractivity contribution < 1.29 is 27.1 Å². The van der Waals surface area contributed by atoms with Gasteiger partial charge in [0.05, 0.1) is 0 Å². The van der Waals surface area contributed by atoms with Gasteiger partial charge in [0.25, 0.3) is 0 Å². The number of aryl methyl sites for hydroxylation is 2. The average Bonchev–Trinajstić information content (AvgIpc) is 2.81. The van der Waals surface area contributed by atoms with Crippen molar-refractivity contribution >= 4 is 16.0 Å². The number of carbonyl (C=O) groups is 1. The summed E-state index contributed by atoms with van der Waals surface area (Å²) in [7, 11) is -4.21. The Labute approximate surface area is 133 Å². The first-order valence-electron chi connectivity index (χ1n) is 6.76. The Hall–Kier alpha value is -2.19. The standard InChI is InChI=1S/C15H16FNO5S/c1-9-13(15(18)19)14(10(2)22-9)23(20,21)17-8-12(16)11-6-4-3-5-7-11/h3-7,12,17H,8H2,1-2H3,(H,18,19). The van der Waals surface area contributed by atoms with Gasteiger partial charge < -0.3 is 9.52 Å². The molecule has 0 saturated carbocycles. The summed E-state index contributed by atoms with van der Waals surface area (Å²) < 4.78 is 45.9. The molecule has 1 atom stereocenters. The zero-order chi connectivity index (χ0) is 17.2. The molecule has 1 unspecified atom stereocenters. The zero-order valence-corrected chi connectivity index (χ0v) is 13.4. The van der Waals surface area contributed by atoms with Crippen LogP contribution in [0.25, 0.3) is 0 Å². The van der Waals surface area contributed by atoms with Crippen LogP contribution in [0.1, 0.15) is 33.6 Å². The molecule has 0 amide bonds. The fourth-order valence-electron chi connectivity index (χ4n) is 2.27. The number of carboxylic acids is 1. The summed E-state index contributed by atoms with van der Waals surface area (Å²) in [6, 6.07) is 8.08. The molecule has 1 heterocycles. The highest BCUT2D eigenvalue weighted by Gasteiger charge is 2.31. The molecular formula is C15H16FNO5S. The van der Waals surface area contributed by atoms with Crippen molar-refractivity contribution in [3.63, 3.8) is 0 Å². The molecule has 0 fully saturated rings. The Morgan fingerprint density at radius 1 is 1.26 bits per heavy atom. The van der Waals surface area contributed by atoms with E-state index in [0.29, 0.717) is 5.56 Å². The molecule has 0 bridgehead atoms. The Kier molecular flexibility index (Phi) is 4.86. The minimum Gasteiger partial charge on any atom is -0.478 e. The van der Waals surface area contributed by atoms with Gasteiger partial charge in [-0.1, -0.05) is 30.3 Å². The van der Waals surface area contributed by atoms with E-state index in [0.717, 1.165) is 0 Å². The van der Waals surface area contributed by atoms with Crippen molar-refractivity contribution in [3.8, 4) is 0 Å². The number of furan rings is 1. The third-order valence-corrected chi connectivity index (χ3v) is 4.88. The average molecular weight is 341 g/mol. The smallest absolute Gasteiger partial charge is 0.340 e. The van der Waals surface area contributed by atoms with E-state index < -0.39 is 39.2 Å². The number of rotatable bonds is 6. The summed E-state index contributed by atoms with van der Waals surface area (Å²) >= 11 is 0. The molecule has 1 aromatic carbocycles. The second kappa shape index (κ2) is 6.51. The second-order valence-electron chi connectivity index (χ2n) is 4.95. The molecule has 2 rings (SSSR count). The molecule has 2 N–H and O–H groups in total. The van der Waals surface area contributed by atoms with Gasteiger partial charge in [-0.15, -0.1) is 0 Å². The summed E-state index contributed by atoms with van der Waals surface area (Å²) in [5.41, 5.74) is -0.112. The predicted octanol–water partition coefficient (Wildman–Crippen LogP) is 2.58. The molecular weight excluding hydrogens is 325 g/mol. The highest BCUT2D eigenvalue weighted by atomic mass is 32.2. The lowest BCUT2D eigenvalue weighted by Crippen LogP contribution is -2.28. The number of hydrogen-bond acceptors (Lipinski definition) is 4. The van der Waals surface area contributed by atoms with Crippen LogP contribution in [0.3, 0.4) is 0 Å². The quantitative estimate of drug-likeness (QED) is 0.842. The molecule has 2 aromatic rings. The van der Waals surface area contributed by atoms with Gasteiger partial charge in [-0.3, -0.25) is 0 Å². The minimum absolute atomic E-state index is 0.0183. The SMILES string of the molecule is Cc1oc(C)c(S(=O)(=O)NCC(F)c2ccccc2)c1C(=O)O. The molecule has 0 aliphatic rings. The third kappa shape index (κ3) is 3.59. The van der Waals surface area contributed by atoms with Gasteiger partial charge in [0, 0.05) is 6.54 Å². The lowest BCUT2D eigenvalue weighted by molar-refractivity contribution is 0.0691. The number of benzene rings is 1. The summed E-state index contributed by atoms with van der Waals surface area (Å²) in [6.45, 7) is 2.20. The normalized spacial score (nSPS) is 13.0. The zero-order valence-electron chi connectivity index (χ0n) is 12.5. The molecule has 0 radical (unpaired) electrons. The highest BCUT2D eigenvalue weighted by Crippen LogP contribution is 2.27. The molecule has 23 heavy (non-hydrogen) atoms. The summed E-state index contributed by atoms with van der Waals surface area (Å²) in [5.74, 6) is -1.49. The first-order chi connectivity index (χ1) is 10.7. The molecule has 0 aliphatic carbocycles. The maximum atomic E-state index is 14.1. The van der Waals surface area contributed by atoms with Crippen molar-refractivity contribution in [1.82, 2.24) is 4.72 Å². The van der Waals surface area contributed by atoms with Crippen LogP contribution in [-0.2, 0) is 10.0 Å². The van der Waals surface area contributed by atoms with E-state index in [4.69, 9.17) is 9.52 Å². The van der Waals surface area contributed by atoms with Gasteiger partial charge >= 0.3 is 5.97 Å². The molecule has 8 heteroatoms. The van der Waals surface area contributed by atoms with E-state index in [1.165, 1.54) is 26.0 Å². The monoisotopic (exact) mass is 341 g/mol. The lowest BCUT2D eigenvalue weighted by Gasteiger charge is -2.11. The van der Waals surface area contributed by atoms with Crippen molar-refractivity contribution in [2.24, 2.45) is 0 Å². The highest BCUT2D eigenvalue weighted by molar-refractivity contribution is 7.89. The number of nitrogens with one attached hydrogen (secondary N) is 1. The van der Waals surface area contributed by atoms with Crippen LogP contribution in [0.4, 0.5) is 4.39 Å². The van der Waals surface area contributed by atoms with E-state index in [-0.39, 0.29) is 11.5 Å². The first kappa shape index (κ1) is 17.2. The van der Waals surface area contributed by atoms with Crippen molar-refractivity contribution in [1.29, 1.82) is 0 Å². The maximum absolute atomic E-state index is 14.1. The summed E-state index contributed by atoms with van der Waals surface area (Å²) in [5, 5.41) is 9.15. The Morgan fingerprint density at radius 2 is 1.87 bits per heavy atom. The fraction of sp³-hybridized carbons (Fsp3) is 0.267. The Balaban J connectivity index is 2.25. The van der Waals surface area contributed by atoms with Gasteiger partial charge in [-0.2, -0.15) is 0 Å². The van der Waals surface area contributed by atoms with Gasteiger partial charge in [0.15, 0.2) is 0 Å². The van der Waals surface area contributed by atoms with Gasteiger partial charge in [0.1, 0.15) is 28.2 Å². The summed E-state index contributed by atoms with van der Waals surface area (Å²) in [4.78, 5) is 10.8. The van der Waals surface area contributed by atoms with Crippen molar-refractivity contribution in [2.75, 3.05) is 6.54 Å². The van der Waals surface area contributed by atoms with E-state index in [1.54, 1.807) is 18.2 Å². The largest absolute Gasteiger partial charge is 0.478 e. The number of sulfonamides is 1. The van der Waals surface area contributed by atoms with Crippen LogP contribution in [0.5, 0.6) is 0 Å². The van der Waals surface area contributed by atoms with Gasteiger partial charge in [-0.05, 0) is 19.4 Å². The number of carboxylic acid groups (broad SMARTS) is 1. The second-order valence-corrected chi connectivity index (χ2v) is 6.66. The summed E-state index contributed by atoms with van der Waals surface area (Å²) in [6.07, 6.45) is -1.55. The van der Waals surface area contributed by atoms with Crippen LogP contribution in [0.15, 0.2) is 39.6 Å². The molecule has 0 saturated heterocycles. The van der Waals surface area contributed by atoms with Crippen LogP contribution >= 0.6 is 0 Å². The van der Waals surface area contributed by atoms with Gasteiger partial charge in [0.2, 0.25) is 10.0 Å². The third-order valence-electron chi connectivity index (χ3n) is 3.30. The van der Waals surface area contributed by atoms with E-state index >= 15 is 0 Å². The maximum Gasteiger partial charge on any atom is 0.340 e. The molecule has 0 aliphatic heterocycles. The predicted molar refractivity (Wildman–Crippen MR) is 80.6 cm³/mol. The van der Waals surface area contributed by atoms with Crippen LogP contribution in [-0.4, -0.2) is 26.0 Å². The van der Waals surface area contributed by atoms with E-state index in [1.807, 2.05) is 0 Å². The number of aromatic carboxylic acids is 1. The number of hydrogen-bond donors (Lipinski definition) is 2. The van der Waals surface area contributed by atoms with Crippen LogP contribution in [0.2, 0.25) is 0 Å². The van der Waals surface area contributed by atoms with Crippen LogP contribution in [0, 0.1) is 13.8 Å². The Bertz CT molecular complexity index is 814. The lowest BCUT2D eigenvalue weighted by atomic mass is 10.1. The molecule has 6 nitrogen and oxygen atoms in total. The van der Waals surface area contributed by atoms with E-state index in [2.05, 4.69) is 4.72 Å².